The predicted molar refractivity (Wildman–Crippen MR) is 178 cm³/mol. The first-order valence-electron chi connectivity index (χ1n) is 15.4. The summed E-state index contributed by atoms with van der Waals surface area (Å²) in [7, 11) is 2.07. The van der Waals surface area contributed by atoms with Crippen LogP contribution in [0.5, 0.6) is 11.8 Å². The van der Waals surface area contributed by atoms with Gasteiger partial charge in [-0.15, -0.1) is 0 Å². The number of amides is 1. The molecule has 6 rings (SSSR count). The fourth-order valence-corrected chi connectivity index (χ4v) is 5.62. The molecule has 0 saturated carbocycles. The zero-order chi connectivity index (χ0) is 31.4. The lowest BCUT2D eigenvalue weighted by atomic mass is 9.96. The van der Waals surface area contributed by atoms with Crippen LogP contribution in [-0.4, -0.2) is 39.2 Å². The quantitative estimate of drug-likeness (QED) is 0.179. The van der Waals surface area contributed by atoms with Crippen LogP contribution in [0.3, 0.4) is 0 Å². The number of pyridine rings is 1. The summed E-state index contributed by atoms with van der Waals surface area (Å²) < 4.78 is 20.2. The van der Waals surface area contributed by atoms with E-state index >= 15 is 0 Å². The molecule has 230 valence electrons. The van der Waals surface area contributed by atoms with Gasteiger partial charge in [0.15, 0.2) is 0 Å². The van der Waals surface area contributed by atoms with Gasteiger partial charge in [-0.25, -0.2) is 4.79 Å². The molecular formula is C38H39N3O4. The molecule has 45 heavy (non-hydrogen) atoms. The van der Waals surface area contributed by atoms with E-state index in [9.17, 15) is 4.79 Å². The number of fused-ring (bicyclic) bond motifs is 1. The van der Waals surface area contributed by atoms with Crippen LogP contribution in [0.4, 0.5) is 4.79 Å². The van der Waals surface area contributed by atoms with Crippen molar-refractivity contribution < 1.29 is 19.0 Å². The molecular weight excluding hydrogens is 562 g/mol. The standard InChI is InChI=1S/C38H39N3O4/c1-38(2,3)45-37(42)41-22-20-29(21-23-41)30-16-11-17-31-33(24-40(4)35(30)31)32-18-19-34(43-25-27-12-7-5-8-13-27)39-36(32)44-26-28-14-9-6-10-15-28/h5-20,24H,21-23,25-26H2,1-4H3. The molecule has 0 bridgehead atoms. The van der Waals surface area contributed by atoms with Crippen molar-refractivity contribution in [2.24, 2.45) is 7.05 Å². The smallest absolute Gasteiger partial charge is 0.410 e. The molecule has 0 spiro atoms. The van der Waals surface area contributed by atoms with Crippen LogP contribution in [0.25, 0.3) is 27.6 Å². The molecule has 5 aromatic rings. The molecule has 0 aliphatic carbocycles. The van der Waals surface area contributed by atoms with Crippen LogP contribution in [0.2, 0.25) is 0 Å². The van der Waals surface area contributed by atoms with E-state index in [1.807, 2.05) is 93.6 Å². The first kappa shape index (κ1) is 30.0. The molecule has 7 nitrogen and oxygen atoms in total. The minimum Gasteiger partial charge on any atom is -0.473 e. The Morgan fingerprint density at radius 2 is 1.49 bits per heavy atom. The van der Waals surface area contributed by atoms with Crippen molar-refractivity contribution in [3.63, 3.8) is 0 Å². The van der Waals surface area contributed by atoms with Crippen molar-refractivity contribution in [1.29, 1.82) is 0 Å². The second-order valence-corrected chi connectivity index (χ2v) is 12.3. The number of carbonyl (C=O) groups is 1. The van der Waals surface area contributed by atoms with Gasteiger partial charge in [0, 0.05) is 54.5 Å². The number of hydrogen-bond donors (Lipinski definition) is 0. The predicted octanol–water partition coefficient (Wildman–Crippen LogP) is 8.42. The summed E-state index contributed by atoms with van der Waals surface area (Å²) in [5.41, 5.74) is 7.05. The number of benzene rings is 3. The molecule has 3 aromatic carbocycles. The van der Waals surface area contributed by atoms with E-state index in [4.69, 9.17) is 19.2 Å². The number of ether oxygens (including phenoxy) is 3. The number of nitrogens with zero attached hydrogens (tertiary/aromatic N) is 3. The highest BCUT2D eigenvalue weighted by molar-refractivity contribution is 6.02. The van der Waals surface area contributed by atoms with E-state index in [0.29, 0.717) is 38.1 Å². The highest BCUT2D eigenvalue weighted by Crippen LogP contribution is 2.40. The Labute approximate surface area is 264 Å². The highest BCUT2D eigenvalue weighted by Gasteiger charge is 2.25. The fraction of sp³-hybridized carbons (Fsp3) is 0.263. The Hall–Kier alpha value is -5.04. The monoisotopic (exact) mass is 601 g/mol. The first-order chi connectivity index (χ1) is 21.7. The minimum atomic E-state index is -0.517. The third kappa shape index (κ3) is 7.04. The molecule has 0 saturated heterocycles. The SMILES string of the molecule is Cn1cc(-c2ccc(OCc3ccccc3)nc2OCc2ccccc2)c2cccc(C3=CCN(C(=O)OC(C)(C)C)CC3)c21. The van der Waals surface area contributed by atoms with Gasteiger partial charge in [-0.3, -0.25) is 0 Å². The summed E-state index contributed by atoms with van der Waals surface area (Å²) in [5, 5.41) is 1.11. The Morgan fingerprint density at radius 3 is 2.13 bits per heavy atom. The van der Waals surface area contributed by atoms with E-state index in [2.05, 4.69) is 42.1 Å². The molecule has 1 aliphatic rings. The maximum Gasteiger partial charge on any atom is 0.410 e. The third-order valence-electron chi connectivity index (χ3n) is 7.78. The van der Waals surface area contributed by atoms with E-state index in [1.165, 1.54) is 5.57 Å². The number of aryl methyl sites for hydroxylation is 1. The minimum absolute atomic E-state index is 0.274. The van der Waals surface area contributed by atoms with Gasteiger partial charge in [0.25, 0.3) is 0 Å². The van der Waals surface area contributed by atoms with Crippen molar-refractivity contribution in [2.75, 3.05) is 13.1 Å². The molecule has 0 unspecified atom stereocenters. The van der Waals surface area contributed by atoms with Gasteiger partial charge in [0.05, 0.1) is 5.52 Å². The van der Waals surface area contributed by atoms with Crippen LogP contribution >= 0.6 is 0 Å². The van der Waals surface area contributed by atoms with E-state index < -0.39 is 5.60 Å². The molecule has 1 amide bonds. The van der Waals surface area contributed by atoms with E-state index in [-0.39, 0.29) is 6.09 Å². The van der Waals surface area contributed by atoms with Crippen LogP contribution in [0.15, 0.2) is 103 Å². The molecule has 1 aliphatic heterocycles. The Balaban J connectivity index is 1.32. The van der Waals surface area contributed by atoms with Gasteiger partial charge in [-0.2, -0.15) is 4.98 Å². The lowest BCUT2D eigenvalue weighted by Gasteiger charge is -2.29. The first-order valence-corrected chi connectivity index (χ1v) is 15.4. The van der Waals surface area contributed by atoms with Gasteiger partial charge in [0.1, 0.15) is 18.8 Å². The number of aromatic nitrogens is 2. The Morgan fingerprint density at radius 1 is 0.800 bits per heavy atom. The van der Waals surface area contributed by atoms with Crippen LogP contribution in [0.1, 0.15) is 43.9 Å². The van der Waals surface area contributed by atoms with Crippen molar-refractivity contribution in [2.45, 2.75) is 46.0 Å². The van der Waals surface area contributed by atoms with E-state index in [1.54, 1.807) is 4.90 Å². The van der Waals surface area contributed by atoms with Crippen molar-refractivity contribution in [3.05, 3.63) is 120 Å². The molecule has 7 heteroatoms. The number of hydrogen-bond acceptors (Lipinski definition) is 5. The lowest BCUT2D eigenvalue weighted by Crippen LogP contribution is -2.39. The van der Waals surface area contributed by atoms with Crippen LogP contribution in [-0.2, 0) is 25.0 Å². The maximum atomic E-state index is 12.6. The van der Waals surface area contributed by atoms with Gasteiger partial charge in [-0.05, 0) is 50.0 Å². The number of rotatable bonds is 8. The van der Waals surface area contributed by atoms with Gasteiger partial charge < -0.3 is 23.7 Å². The average Bonchev–Trinajstić information content (AvgIpc) is 3.39. The van der Waals surface area contributed by atoms with Crippen LogP contribution in [0, 0.1) is 0 Å². The molecule has 0 atom stereocenters. The summed E-state index contributed by atoms with van der Waals surface area (Å²) in [6.07, 6.45) is 4.76. The van der Waals surface area contributed by atoms with E-state index in [0.717, 1.165) is 45.1 Å². The maximum absolute atomic E-state index is 12.6. The Kier molecular flexibility index (Phi) is 8.60. The Bertz CT molecular complexity index is 1820. The second-order valence-electron chi connectivity index (χ2n) is 12.3. The summed E-state index contributed by atoms with van der Waals surface area (Å²) in [4.78, 5) is 19.2. The van der Waals surface area contributed by atoms with Gasteiger partial charge >= 0.3 is 6.09 Å². The lowest BCUT2D eigenvalue weighted by molar-refractivity contribution is 0.0270. The third-order valence-corrected chi connectivity index (χ3v) is 7.78. The van der Waals surface area contributed by atoms with Gasteiger partial charge in [0.2, 0.25) is 11.8 Å². The largest absolute Gasteiger partial charge is 0.473 e. The molecule has 0 radical (unpaired) electrons. The van der Waals surface area contributed by atoms with Crippen LogP contribution < -0.4 is 9.47 Å². The molecule has 0 N–H and O–H groups in total. The zero-order valence-corrected chi connectivity index (χ0v) is 26.3. The summed E-state index contributed by atoms with van der Waals surface area (Å²) in [6.45, 7) is 7.61. The van der Waals surface area contributed by atoms with Crippen molar-refractivity contribution in [3.8, 4) is 22.9 Å². The van der Waals surface area contributed by atoms with Gasteiger partial charge in [-0.1, -0.05) is 84.9 Å². The highest BCUT2D eigenvalue weighted by atomic mass is 16.6. The normalized spacial score (nSPS) is 13.4. The van der Waals surface area contributed by atoms with Crippen molar-refractivity contribution in [1.82, 2.24) is 14.5 Å². The number of para-hydroxylation sites is 1. The molecule has 3 heterocycles. The summed E-state index contributed by atoms with van der Waals surface area (Å²) in [6, 6.07) is 30.5. The summed E-state index contributed by atoms with van der Waals surface area (Å²) in [5.74, 6) is 1.03. The average molecular weight is 602 g/mol. The second kappa shape index (κ2) is 12.9. The molecule has 2 aromatic heterocycles. The zero-order valence-electron chi connectivity index (χ0n) is 26.3. The topological polar surface area (TPSA) is 65.8 Å². The fourth-order valence-electron chi connectivity index (χ4n) is 5.62. The van der Waals surface area contributed by atoms with Crippen molar-refractivity contribution >= 4 is 22.6 Å². The molecule has 0 fully saturated rings. The number of carbonyl (C=O) groups excluding carboxylic acids is 1. The summed E-state index contributed by atoms with van der Waals surface area (Å²) >= 11 is 0.